The Balaban J connectivity index is 1.82. The van der Waals surface area contributed by atoms with E-state index in [1.165, 1.54) is 35.0 Å². The molecule has 3 aromatic rings. The van der Waals surface area contributed by atoms with Crippen LogP contribution in [0, 0.1) is 17.1 Å². The van der Waals surface area contributed by atoms with E-state index < -0.39 is 5.91 Å². The molecule has 0 aliphatic heterocycles. The predicted octanol–water partition coefficient (Wildman–Crippen LogP) is 2.70. The summed E-state index contributed by atoms with van der Waals surface area (Å²) in [5.41, 5.74) is 0.976. The van der Waals surface area contributed by atoms with Gasteiger partial charge in [0.05, 0.1) is 5.56 Å². The van der Waals surface area contributed by atoms with E-state index in [1.807, 2.05) is 6.07 Å². The minimum absolute atomic E-state index is 0.190. The van der Waals surface area contributed by atoms with Crippen LogP contribution in [-0.4, -0.2) is 15.5 Å². The number of carbonyl (C=O) groups is 1. The molecule has 1 N–H and O–H groups in total. The number of aromatic nitrogens is 2. The number of hydrogen-bond acceptors (Lipinski definition) is 5. The quantitative estimate of drug-likeness (QED) is 0.767. The van der Waals surface area contributed by atoms with Crippen LogP contribution in [-0.2, 0) is 13.5 Å². The molecule has 0 aliphatic carbocycles. The number of rotatable bonds is 4. The maximum atomic E-state index is 13.3. The Bertz CT molecular complexity index is 1080. The van der Waals surface area contributed by atoms with Crippen LogP contribution < -0.4 is 10.9 Å². The fraction of sp³-hybridized carbons (Fsp3) is 0.111. The third-order valence-electron chi connectivity index (χ3n) is 3.63. The Morgan fingerprint density at radius 1 is 1.38 bits per heavy atom. The van der Waals surface area contributed by atoms with Crippen molar-refractivity contribution in [2.24, 2.45) is 7.05 Å². The third-order valence-corrected chi connectivity index (χ3v) is 4.60. The summed E-state index contributed by atoms with van der Waals surface area (Å²) in [6, 6.07) is 10.8. The van der Waals surface area contributed by atoms with Gasteiger partial charge in [-0.15, -0.1) is 0 Å². The van der Waals surface area contributed by atoms with Crippen LogP contribution in [0.4, 0.5) is 9.52 Å². The Morgan fingerprint density at radius 2 is 2.19 bits per heavy atom. The van der Waals surface area contributed by atoms with E-state index in [0.717, 1.165) is 11.3 Å². The molecule has 130 valence electrons. The molecule has 0 spiro atoms. The average Bonchev–Trinajstić information content (AvgIpc) is 2.98. The summed E-state index contributed by atoms with van der Waals surface area (Å²) in [6.07, 6.45) is 1.76. The molecule has 26 heavy (non-hydrogen) atoms. The first-order valence-electron chi connectivity index (χ1n) is 7.58. The van der Waals surface area contributed by atoms with Crippen molar-refractivity contribution in [2.75, 3.05) is 5.32 Å². The number of hydrogen-bond donors (Lipinski definition) is 1. The van der Waals surface area contributed by atoms with Gasteiger partial charge in [0.2, 0.25) is 5.56 Å². The van der Waals surface area contributed by atoms with Crippen molar-refractivity contribution in [3.8, 4) is 6.07 Å². The van der Waals surface area contributed by atoms with Crippen LogP contribution in [0.3, 0.4) is 0 Å². The van der Waals surface area contributed by atoms with E-state index in [1.54, 1.807) is 19.2 Å². The largest absolute Gasteiger partial charge is 0.318 e. The molecule has 0 saturated heterocycles. The van der Waals surface area contributed by atoms with Gasteiger partial charge in [-0.05, 0) is 23.8 Å². The summed E-state index contributed by atoms with van der Waals surface area (Å²) in [5.74, 6) is -0.787. The molecule has 0 fully saturated rings. The van der Waals surface area contributed by atoms with Gasteiger partial charge in [-0.2, -0.15) is 5.26 Å². The molecule has 0 aliphatic rings. The number of pyridine rings is 1. The van der Waals surface area contributed by atoms with Gasteiger partial charge in [0.1, 0.15) is 11.9 Å². The second kappa shape index (κ2) is 7.29. The molecule has 2 heterocycles. The van der Waals surface area contributed by atoms with E-state index in [-0.39, 0.29) is 22.2 Å². The first-order chi connectivity index (χ1) is 12.5. The lowest BCUT2D eigenvalue weighted by atomic mass is 10.1. The second-order valence-corrected chi connectivity index (χ2v) is 6.61. The maximum Gasteiger partial charge on any atom is 0.258 e. The predicted molar refractivity (Wildman–Crippen MR) is 95.7 cm³/mol. The van der Waals surface area contributed by atoms with Crippen molar-refractivity contribution in [1.82, 2.24) is 9.55 Å². The smallest absolute Gasteiger partial charge is 0.258 e. The topological polar surface area (TPSA) is 87.8 Å². The van der Waals surface area contributed by atoms with Crippen LogP contribution in [0.5, 0.6) is 0 Å². The normalized spacial score (nSPS) is 10.3. The zero-order chi connectivity index (χ0) is 18.7. The number of amides is 1. The van der Waals surface area contributed by atoms with Crippen molar-refractivity contribution in [3.63, 3.8) is 0 Å². The highest BCUT2D eigenvalue weighted by Crippen LogP contribution is 2.26. The van der Waals surface area contributed by atoms with E-state index in [9.17, 15) is 19.2 Å². The standard InChI is InChI=1S/C18H13FN4O2S/c1-23-10-12(5-6-16(23)24)17(25)22-18-21-14(9-20)15(26-18)8-11-3-2-4-13(19)7-11/h2-7,10H,8H2,1H3,(H,21,22,25). The molecular formula is C18H13FN4O2S. The molecular weight excluding hydrogens is 355 g/mol. The highest BCUT2D eigenvalue weighted by molar-refractivity contribution is 7.16. The van der Waals surface area contributed by atoms with Crippen LogP contribution in [0.2, 0.25) is 0 Å². The molecule has 1 amide bonds. The van der Waals surface area contributed by atoms with Gasteiger partial charge >= 0.3 is 0 Å². The van der Waals surface area contributed by atoms with E-state index in [0.29, 0.717) is 22.4 Å². The van der Waals surface area contributed by atoms with E-state index >= 15 is 0 Å². The summed E-state index contributed by atoms with van der Waals surface area (Å²) in [6.45, 7) is 0. The molecule has 6 nitrogen and oxygen atoms in total. The lowest BCUT2D eigenvalue weighted by Crippen LogP contribution is -2.19. The van der Waals surface area contributed by atoms with Crippen molar-refractivity contribution in [2.45, 2.75) is 6.42 Å². The first-order valence-corrected chi connectivity index (χ1v) is 8.40. The first kappa shape index (κ1) is 17.5. The van der Waals surface area contributed by atoms with Crippen LogP contribution in [0.1, 0.15) is 26.5 Å². The Labute approximate surface area is 152 Å². The second-order valence-electron chi connectivity index (χ2n) is 5.53. The SMILES string of the molecule is Cn1cc(C(=O)Nc2nc(C#N)c(Cc3cccc(F)c3)s2)ccc1=O. The van der Waals surface area contributed by atoms with E-state index in [4.69, 9.17) is 0 Å². The van der Waals surface area contributed by atoms with Gasteiger partial charge in [0.25, 0.3) is 5.91 Å². The molecule has 0 bridgehead atoms. The molecule has 8 heteroatoms. The lowest BCUT2D eigenvalue weighted by molar-refractivity contribution is 0.102. The van der Waals surface area contributed by atoms with Gasteiger partial charge in [-0.3, -0.25) is 14.9 Å². The summed E-state index contributed by atoms with van der Waals surface area (Å²) < 4.78 is 14.6. The van der Waals surface area contributed by atoms with Gasteiger partial charge in [-0.1, -0.05) is 23.5 Å². The lowest BCUT2D eigenvalue weighted by Gasteiger charge is -2.03. The van der Waals surface area contributed by atoms with Crippen LogP contribution in [0.15, 0.2) is 47.4 Å². The summed E-state index contributed by atoms with van der Waals surface area (Å²) in [5, 5.41) is 12.1. The average molecular weight is 368 g/mol. The molecule has 3 rings (SSSR count). The maximum absolute atomic E-state index is 13.3. The van der Waals surface area contributed by atoms with E-state index in [2.05, 4.69) is 10.3 Å². The molecule has 1 aromatic carbocycles. The summed E-state index contributed by atoms with van der Waals surface area (Å²) in [4.78, 5) is 28.4. The number of aryl methyl sites for hydroxylation is 1. The minimum atomic E-state index is -0.434. The number of nitriles is 1. The van der Waals surface area contributed by atoms with Crippen molar-refractivity contribution in [3.05, 3.63) is 80.5 Å². The highest BCUT2D eigenvalue weighted by Gasteiger charge is 2.15. The molecule has 0 radical (unpaired) electrons. The Kier molecular flexibility index (Phi) is 4.91. The van der Waals surface area contributed by atoms with Gasteiger partial charge in [-0.25, -0.2) is 9.37 Å². The summed E-state index contributed by atoms with van der Waals surface area (Å²) in [7, 11) is 1.55. The summed E-state index contributed by atoms with van der Waals surface area (Å²) >= 11 is 1.16. The number of thiazole rings is 1. The van der Waals surface area contributed by atoms with Crippen molar-refractivity contribution in [1.29, 1.82) is 5.26 Å². The third kappa shape index (κ3) is 3.84. The number of halogens is 1. The monoisotopic (exact) mass is 368 g/mol. The number of nitrogens with one attached hydrogen (secondary N) is 1. The number of benzene rings is 1. The number of anilines is 1. The highest BCUT2D eigenvalue weighted by atomic mass is 32.1. The number of nitrogens with zero attached hydrogens (tertiary/aromatic N) is 3. The van der Waals surface area contributed by atoms with Gasteiger partial charge < -0.3 is 4.57 Å². The molecule has 2 aromatic heterocycles. The number of carbonyl (C=O) groups excluding carboxylic acids is 1. The Hall–Kier alpha value is -3.31. The molecule has 0 saturated carbocycles. The van der Waals surface area contributed by atoms with Gasteiger partial charge in [0, 0.05) is 30.6 Å². The molecule has 0 unspecified atom stereocenters. The zero-order valence-corrected chi connectivity index (χ0v) is 14.5. The zero-order valence-electron chi connectivity index (χ0n) is 13.7. The Morgan fingerprint density at radius 3 is 2.88 bits per heavy atom. The fourth-order valence-corrected chi connectivity index (χ4v) is 3.28. The molecule has 0 atom stereocenters. The minimum Gasteiger partial charge on any atom is -0.318 e. The fourth-order valence-electron chi connectivity index (χ4n) is 2.34. The van der Waals surface area contributed by atoms with Crippen molar-refractivity contribution < 1.29 is 9.18 Å². The van der Waals surface area contributed by atoms with Gasteiger partial charge in [0.15, 0.2) is 10.8 Å². The van der Waals surface area contributed by atoms with Crippen LogP contribution >= 0.6 is 11.3 Å². The van der Waals surface area contributed by atoms with Crippen molar-refractivity contribution >= 4 is 22.4 Å². The van der Waals surface area contributed by atoms with Crippen LogP contribution in [0.25, 0.3) is 0 Å².